The molecule has 0 aliphatic heterocycles. The van der Waals surface area contributed by atoms with Crippen LogP contribution in [0.1, 0.15) is 39.7 Å². The predicted octanol–water partition coefficient (Wildman–Crippen LogP) is 3.15. The summed E-state index contributed by atoms with van der Waals surface area (Å²) in [6.45, 7) is 8.79. The number of ether oxygens (including phenoxy) is 2. The molecule has 2 N–H and O–H groups in total. The third-order valence-corrected chi connectivity index (χ3v) is 2.77. The minimum absolute atomic E-state index is 0.154. The molecule has 18 heavy (non-hydrogen) atoms. The first-order chi connectivity index (χ1) is 8.56. The molecule has 0 fully saturated rings. The summed E-state index contributed by atoms with van der Waals surface area (Å²) in [5, 5.41) is 0. The van der Waals surface area contributed by atoms with Crippen LogP contribution in [-0.4, -0.2) is 18.8 Å². The summed E-state index contributed by atoms with van der Waals surface area (Å²) in [7, 11) is 0. The molecule has 0 amide bonds. The largest absolute Gasteiger partial charge is 0.490 e. The fourth-order valence-corrected chi connectivity index (χ4v) is 1.72. The molecule has 0 spiro atoms. The van der Waals surface area contributed by atoms with Crippen LogP contribution in [0.5, 0.6) is 11.5 Å². The first-order valence-corrected chi connectivity index (χ1v) is 6.74. The third-order valence-electron chi connectivity index (χ3n) is 2.77. The third kappa shape index (κ3) is 4.57. The molecule has 2 unspecified atom stereocenters. The smallest absolute Gasteiger partial charge is 0.161 e. The van der Waals surface area contributed by atoms with Crippen LogP contribution in [0.4, 0.5) is 0 Å². The van der Waals surface area contributed by atoms with Gasteiger partial charge < -0.3 is 15.2 Å². The van der Waals surface area contributed by atoms with Gasteiger partial charge in [0.05, 0.1) is 12.7 Å². The van der Waals surface area contributed by atoms with Crippen LogP contribution in [0.3, 0.4) is 0 Å². The summed E-state index contributed by atoms with van der Waals surface area (Å²) in [6, 6.07) is 6.23. The van der Waals surface area contributed by atoms with E-state index in [1.807, 2.05) is 26.0 Å². The van der Waals surface area contributed by atoms with Crippen LogP contribution in [0.25, 0.3) is 0 Å². The molecule has 2 atom stereocenters. The topological polar surface area (TPSA) is 44.5 Å². The molecule has 0 aromatic heterocycles. The molecule has 0 aliphatic rings. The zero-order valence-electron chi connectivity index (χ0n) is 11.9. The molecular weight excluding hydrogens is 226 g/mol. The SMILES string of the molecule is CCOc1cc(CC(C)N)ccc1OC(C)CC. The van der Waals surface area contributed by atoms with Gasteiger partial charge in [-0.1, -0.05) is 13.0 Å². The van der Waals surface area contributed by atoms with Gasteiger partial charge in [0.15, 0.2) is 11.5 Å². The Bertz CT molecular complexity index is 364. The fraction of sp³-hybridized carbons (Fsp3) is 0.600. The highest BCUT2D eigenvalue weighted by Crippen LogP contribution is 2.30. The lowest BCUT2D eigenvalue weighted by molar-refractivity contribution is 0.203. The Kier molecular flexibility index (Phi) is 5.99. The van der Waals surface area contributed by atoms with E-state index < -0.39 is 0 Å². The Morgan fingerprint density at radius 1 is 1.17 bits per heavy atom. The van der Waals surface area contributed by atoms with E-state index in [0.29, 0.717) is 6.61 Å². The highest BCUT2D eigenvalue weighted by molar-refractivity contribution is 5.43. The molecule has 0 aliphatic carbocycles. The monoisotopic (exact) mass is 251 g/mol. The lowest BCUT2D eigenvalue weighted by Gasteiger charge is -2.17. The van der Waals surface area contributed by atoms with E-state index in [4.69, 9.17) is 15.2 Å². The average molecular weight is 251 g/mol. The Balaban J connectivity index is 2.89. The van der Waals surface area contributed by atoms with Gasteiger partial charge in [0, 0.05) is 6.04 Å². The normalized spacial score (nSPS) is 14.1. The highest BCUT2D eigenvalue weighted by atomic mass is 16.5. The second-order valence-corrected chi connectivity index (χ2v) is 4.73. The summed E-state index contributed by atoms with van der Waals surface area (Å²) in [4.78, 5) is 0. The fourth-order valence-electron chi connectivity index (χ4n) is 1.72. The maximum Gasteiger partial charge on any atom is 0.161 e. The molecule has 102 valence electrons. The van der Waals surface area contributed by atoms with Crippen molar-refractivity contribution in [1.82, 2.24) is 0 Å². The van der Waals surface area contributed by atoms with E-state index >= 15 is 0 Å². The van der Waals surface area contributed by atoms with Crippen LogP contribution in [0, 0.1) is 0 Å². The van der Waals surface area contributed by atoms with E-state index in [1.54, 1.807) is 0 Å². The first-order valence-electron chi connectivity index (χ1n) is 6.74. The molecule has 0 saturated carbocycles. The molecule has 1 aromatic rings. The second kappa shape index (κ2) is 7.27. The van der Waals surface area contributed by atoms with E-state index in [1.165, 1.54) is 5.56 Å². The van der Waals surface area contributed by atoms with Crippen molar-refractivity contribution in [2.75, 3.05) is 6.61 Å². The zero-order chi connectivity index (χ0) is 13.5. The van der Waals surface area contributed by atoms with E-state index in [0.717, 1.165) is 24.3 Å². The molecule has 3 nitrogen and oxygen atoms in total. The summed E-state index contributed by atoms with van der Waals surface area (Å²) >= 11 is 0. The van der Waals surface area contributed by atoms with Gasteiger partial charge in [0.25, 0.3) is 0 Å². The van der Waals surface area contributed by atoms with Crippen molar-refractivity contribution >= 4 is 0 Å². The van der Waals surface area contributed by atoms with E-state index in [-0.39, 0.29) is 12.1 Å². The number of rotatable bonds is 7. The van der Waals surface area contributed by atoms with Crippen LogP contribution in [0.15, 0.2) is 18.2 Å². The highest BCUT2D eigenvalue weighted by Gasteiger charge is 2.10. The Labute approximate surface area is 110 Å². The summed E-state index contributed by atoms with van der Waals surface area (Å²) < 4.78 is 11.5. The molecule has 3 heteroatoms. The zero-order valence-corrected chi connectivity index (χ0v) is 11.9. The van der Waals surface area contributed by atoms with Crippen LogP contribution in [0.2, 0.25) is 0 Å². The van der Waals surface area contributed by atoms with Crippen molar-refractivity contribution in [1.29, 1.82) is 0 Å². The van der Waals surface area contributed by atoms with E-state index in [2.05, 4.69) is 19.9 Å². The van der Waals surface area contributed by atoms with Crippen molar-refractivity contribution in [3.63, 3.8) is 0 Å². The Hall–Kier alpha value is -1.22. The van der Waals surface area contributed by atoms with Crippen molar-refractivity contribution in [3.8, 4) is 11.5 Å². The second-order valence-electron chi connectivity index (χ2n) is 4.73. The molecular formula is C15H25NO2. The summed E-state index contributed by atoms with van der Waals surface area (Å²) in [5.74, 6) is 1.63. The van der Waals surface area contributed by atoms with E-state index in [9.17, 15) is 0 Å². The first kappa shape index (κ1) is 14.8. The quantitative estimate of drug-likeness (QED) is 0.809. The maximum atomic E-state index is 5.85. The Morgan fingerprint density at radius 2 is 1.89 bits per heavy atom. The van der Waals surface area contributed by atoms with Crippen molar-refractivity contribution in [2.45, 2.75) is 52.7 Å². The Morgan fingerprint density at radius 3 is 2.44 bits per heavy atom. The van der Waals surface area contributed by atoms with Crippen LogP contribution in [-0.2, 0) is 6.42 Å². The van der Waals surface area contributed by atoms with Gasteiger partial charge in [-0.2, -0.15) is 0 Å². The molecule has 0 heterocycles. The number of hydrogen-bond acceptors (Lipinski definition) is 3. The molecule has 1 rings (SSSR count). The van der Waals surface area contributed by atoms with Gasteiger partial charge in [0.2, 0.25) is 0 Å². The number of nitrogens with two attached hydrogens (primary N) is 1. The lowest BCUT2D eigenvalue weighted by atomic mass is 10.1. The van der Waals surface area contributed by atoms with Gasteiger partial charge in [-0.05, 0) is 51.3 Å². The van der Waals surface area contributed by atoms with Gasteiger partial charge in [-0.15, -0.1) is 0 Å². The van der Waals surface area contributed by atoms with Crippen LogP contribution >= 0.6 is 0 Å². The molecule has 0 radical (unpaired) electrons. The molecule has 0 bridgehead atoms. The summed E-state index contributed by atoms with van der Waals surface area (Å²) in [5.41, 5.74) is 7.00. The van der Waals surface area contributed by atoms with Crippen LogP contribution < -0.4 is 15.2 Å². The summed E-state index contributed by atoms with van der Waals surface area (Å²) in [6.07, 6.45) is 2.03. The van der Waals surface area contributed by atoms with Crippen molar-refractivity contribution in [3.05, 3.63) is 23.8 Å². The maximum absolute atomic E-state index is 5.85. The molecule has 0 saturated heterocycles. The molecule has 1 aromatic carbocycles. The minimum atomic E-state index is 0.154. The number of hydrogen-bond donors (Lipinski definition) is 1. The lowest BCUT2D eigenvalue weighted by Crippen LogP contribution is -2.18. The van der Waals surface area contributed by atoms with Crippen molar-refractivity contribution < 1.29 is 9.47 Å². The standard InChI is InChI=1S/C15H25NO2/c1-5-12(4)18-14-8-7-13(9-11(3)16)10-15(14)17-6-2/h7-8,10-12H,5-6,9,16H2,1-4H3. The number of benzene rings is 1. The minimum Gasteiger partial charge on any atom is -0.490 e. The predicted molar refractivity (Wildman–Crippen MR) is 75.3 cm³/mol. The van der Waals surface area contributed by atoms with Crippen molar-refractivity contribution in [2.24, 2.45) is 5.73 Å². The van der Waals surface area contributed by atoms with Gasteiger partial charge >= 0.3 is 0 Å². The van der Waals surface area contributed by atoms with Gasteiger partial charge in [-0.3, -0.25) is 0 Å². The van der Waals surface area contributed by atoms with Gasteiger partial charge in [0.1, 0.15) is 0 Å². The van der Waals surface area contributed by atoms with Gasteiger partial charge in [-0.25, -0.2) is 0 Å². The average Bonchev–Trinajstić information content (AvgIpc) is 2.32.